The second-order valence-corrected chi connectivity index (χ2v) is 11.8. The number of allylic oxidation sites excluding steroid dienone is 1. The zero-order chi connectivity index (χ0) is 32.8. The molecule has 1 atom stereocenters. The van der Waals surface area contributed by atoms with Crippen molar-refractivity contribution in [2.75, 3.05) is 19.7 Å². The summed E-state index contributed by atoms with van der Waals surface area (Å²) in [5.74, 6) is -1.76. The fourth-order valence-corrected chi connectivity index (χ4v) is 6.16. The molecule has 5 rings (SSSR count). The summed E-state index contributed by atoms with van der Waals surface area (Å²) in [7, 11) is 0. The smallest absolute Gasteiger partial charge is 0.416 e. The van der Waals surface area contributed by atoms with Crippen LogP contribution in [0.2, 0.25) is 0 Å². The van der Waals surface area contributed by atoms with Gasteiger partial charge >= 0.3 is 12.1 Å². The highest BCUT2D eigenvalue weighted by atomic mass is 19.4. The van der Waals surface area contributed by atoms with Crippen LogP contribution in [-0.2, 0) is 33.6 Å². The largest absolute Gasteiger partial charge is 0.463 e. The van der Waals surface area contributed by atoms with E-state index in [-0.39, 0.29) is 43.0 Å². The number of hydrogen-bond acceptors (Lipinski definition) is 5. The average molecular weight is 634 g/mol. The van der Waals surface area contributed by atoms with E-state index in [1.165, 1.54) is 22.6 Å². The molecular weight excluding hydrogens is 595 g/mol. The first-order chi connectivity index (χ1) is 22.0. The molecule has 10 heteroatoms. The predicted octanol–water partition coefficient (Wildman–Crippen LogP) is 6.45. The molecule has 242 valence electrons. The Morgan fingerprint density at radius 2 is 1.52 bits per heavy atom. The van der Waals surface area contributed by atoms with Gasteiger partial charge in [0, 0.05) is 49.3 Å². The Labute approximate surface area is 267 Å². The topological polar surface area (TPSA) is 79.0 Å². The van der Waals surface area contributed by atoms with Crippen molar-refractivity contribution in [1.82, 2.24) is 15.1 Å². The summed E-state index contributed by atoms with van der Waals surface area (Å²) in [6.45, 7) is 6.29. The SMILES string of the molecule is CCOC(=O)C1=C(C)N(Cc2ccc(C(=O)NC3CCN(Cc4ccccc4)CC3)cc2)C(=O)CC1c1ccc(C(F)(F)F)cc1. The number of carbonyl (C=O) groups is 3. The summed E-state index contributed by atoms with van der Waals surface area (Å²) in [5.41, 5.74) is 2.81. The van der Waals surface area contributed by atoms with Crippen LogP contribution in [0.4, 0.5) is 13.2 Å². The van der Waals surface area contributed by atoms with Gasteiger partial charge in [0.2, 0.25) is 5.91 Å². The molecule has 0 saturated carbocycles. The van der Waals surface area contributed by atoms with Gasteiger partial charge in [-0.2, -0.15) is 13.2 Å². The molecule has 1 N–H and O–H groups in total. The van der Waals surface area contributed by atoms with E-state index in [0.717, 1.165) is 50.2 Å². The molecule has 2 heterocycles. The molecule has 46 heavy (non-hydrogen) atoms. The van der Waals surface area contributed by atoms with Crippen molar-refractivity contribution in [3.63, 3.8) is 0 Å². The van der Waals surface area contributed by atoms with Crippen molar-refractivity contribution >= 4 is 17.8 Å². The van der Waals surface area contributed by atoms with E-state index < -0.39 is 23.6 Å². The lowest BCUT2D eigenvalue weighted by Gasteiger charge is -2.34. The van der Waals surface area contributed by atoms with Gasteiger partial charge in [0.15, 0.2) is 0 Å². The molecule has 2 aliphatic heterocycles. The molecule has 2 amide bonds. The molecule has 0 spiro atoms. The van der Waals surface area contributed by atoms with Crippen molar-refractivity contribution < 1.29 is 32.3 Å². The van der Waals surface area contributed by atoms with Crippen LogP contribution in [-0.4, -0.2) is 53.3 Å². The number of nitrogens with one attached hydrogen (secondary N) is 1. The lowest BCUT2D eigenvalue weighted by Crippen LogP contribution is -2.44. The van der Waals surface area contributed by atoms with E-state index in [0.29, 0.717) is 16.8 Å². The van der Waals surface area contributed by atoms with Crippen LogP contribution in [0.3, 0.4) is 0 Å². The summed E-state index contributed by atoms with van der Waals surface area (Å²) in [5, 5.41) is 3.15. The highest BCUT2D eigenvalue weighted by molar-refractivity contribution is 5.96. The third kappa shape index (κ3) is 7.85. The zero-order valence-electron chi connectivity index (χ0n) is 26.0. The standard InChI is InChI=1S/C36H38F3N3O4/c1-3-46-35(45)33-24(2)42(32(43)21-31(33)27-13-15-29(16-14-27)36(37,38)39)23-26-9-11-28(12-10-26)34(44)40-30-17-19-41(20-18-30)22-25-7-5-4-6-8-25/h4-16,30-31H,3,17-23H2,1-2H3,(H,40,44). The van der Waals surface area contributed by atoms with Crippen molar-refractivity contribution in [2.45, 2.75) is 64.3 Å². The maximum atomic E-state index is 13.4. The fourth-order valence-electron chi connectivity index (χ4n) is 6.16. The second kappa shape index (κ2) is 14.3. The zero-order valence-corrected chi connectivity index (χ0v) is 26.0. The molecule has 0 aliphatic carbocycles. The Bertz CT molecular complexity index is 1560. The molecule has 0 aromatic heterocycles. The summed E-state index contributed by atoms with van der Waals surface area (Å²) < 4.78 is 44.7. The second-order valence-electron chi connectivity index (χ2n) is 11.8. The third-order valence-electron chi connectivity index (χ3n) is 8.69. The van der Waals surface area contributed by atoms with Gasteiger partial charge in [0.1, 0.15) is 0 Å². The number of rotatable bonds is 9. The van der Waals surface area contributed by atoms with Gasteiger partial charge in [-0.05, 0) is 67.6 Å². The number of hydrogen-bond donors (Lipinski definition) is 1. The van der Waals surface area contributed by atoms with E-state index in [9.17, 15) is 27.6 Å². The number of piperidine rings is 1. The fraction of sp³-hybridized carbons (Fsp3) is 0.361. The summed E-state index contributed by atoms with van der Waals surface area (Å²) in [6, 6.07) is 22.0. The summed E-state index contributed by atoms with van der Waals surface area (Å²) >= 11 is 0. The first kappa shape index (κ1) is 32.9. The Kier molecular flexibility index (Phi) is 10.3. The molecule has 1 saturated heterocycles. The number of amides is 2. The summed E-state index contributed by atoms with van der Waals surface area (Å²) in [4.78, 5) is 43.3. The number of ether oxygens (including phenoxy) is 1. The van der Waals surface area contributed by atoms with Gasteiger partial charge in [0.25, 0.3) is 5.91 Å². The molecular formula is C36H38F3N3O4. The normalized spacial score (nSPS) is 18.1. The number of halogens is 3. The van der Waals surface area contributed by atoms with Crippen LogP contribution < -0.4 is 5.32 Å². The van der Waals surface area contributed by atoms with Crippen LogP contribution in [0.15, 0.2) is 90.1 Å². The lowest BCUT2D eigenvalue weighted by molar-refractivity contribution is -0.140. The number of carbonyl (C=O) groups excluding carboxylic acids is 3. The maximum absolute atomic E-state index is 13.4. The highest BCUT2D eigenvalue weighted by Crippen LogP contribution is 2.39. The van der Waals surface area contributed by atoms with E-state index in [1.54, 1.807) is 38.1 Å². The molecule has 0 radical (unpaired) electrons. The molecule has 3 aromatic carbocycles. The van der Waals surface area contributed by atoms with Crippen LogP contribution in [0, 0.1) is 0 Å². The van der Waals surface area contributed by atoms with Gasteiger partial charge in [-0.1, -0.05) is 54.6 Å². The monoisotopic (exact) mass is 633 g/mol. The quantitative estimate of drug-likeness (QED) is 0.274. The van der Waals surface area contributed by atoms with Crippen molar-refractivity contribution in [1.29, 1.82) is 0 Å². The van der Waals surface area contributed by atoms with Crippen LogP contribution in [0.5, 0.6) is 0 Å². The van der Waals surface area contributed by atoms with Crippen molar-refractivity contribution in [3.8, 4) is 0 Å². The number of alkyl halides is 3. The van der Waals surface area contributed by atoms with Gasteiger partial charge in [0.05, 0.1) is 24.3 Å². The van der Waals surface area contributed by atoms with Crippen molar-refractivity contribution in [2.24, 2.45) is 0 Å². The van der Waals surface area contributed by atoms with Gasteiger partial charge in [-0.25, -0.2) is 4.79 Å². The molecule has 0 bridgehead atoms. The van der Waals surface area contributed by atoms with E-state index in [1.807, 2.05) is 18.2 Å². The minimum Gasteiger partial charge on any atom is -0.463 e. The molecule has 1 fully saturated rings. The maximum Gasteiger partial charge on any atom is 0.416 e. The van der Waals surface area contributed by atoms with E-state index in [2.05, 4.69) is 22.3 Å². The Morgan fingerprint density at radius 3 is 2.13 bits per heavy atom. The van der Waals surface area contributed by atoms with Crippen molar-refractivity contribution in [3.05, 3.63) is 118 Å². The van der Waals surface area contributed by atoms with Gasteiger partial charge < -0.3 is 15.0 Å². The Hall–Kier alpha value is -4.44. The summed E-state index contributed by atoms with van der Waals surface area (Å²) in [6.07, 6.45) is -2.85. The Morgan fingerprint density at radius 1 is 0.891 bits per heavy atom. The third-order valence-corrected chi connectivity index (χ3v) is 8.69. The number of likely N-dealkylation sites (tertiary alicyclic amines) is 1. The Balaban J connectivity index is 1.23. The average Bonchev–Trinajstić information content (AvgIpc) is 3.04. The minimum absolute atomic E-state index is 0.0943. The molecule has 3 aromatic rings. The molecule has 1 unspecified atom stereocenters. The number of nitrogens with zero attached hydrogens (tertiary/aromatic N) is 2. The lowest BCUT2D eigenvalue weighted by atomic mass is 9.83. The van der Waals surface area contributed by atoms with E-state index in [4.69, 9.17) is 4.74 Å². The van der Waals surface area contributed by atoms with Gasteiger partial charge in [-0.3, -0.25) is 14.5 Å². The molecule has 2 aliphatic rings. The minimum atomic E-state index is -4.50. The van der Waals surface area contributed by atoms with Crippen LogP contribution in [0.25, 0.3) is 0 Å². The first-order valence-electron chi connectivity index (χ1n) is 15.5. The first-order valence-corrected chi connectivity index (χ1v) is 15.5. The molecule has 7 nitrogen and oxygen atoms in total. The van der Waals surface area contributed by atoms with E-state index >= 15 is 0 Å². The predicted molar refractivity (Wildman–Crippen MR) is 167 cm³/mol. The number of esters is 1. The van der Waals surface area contributed by atoms with Gasteiger partial charge in [-0.15, -0.1) is 0 Å². The van der Waals surface area contributed by atoms with Crippen LogP contribution in [0.1, 0.15) is 71.6 Å². The van der Waals surface area contributed by atoms with Crippen LogP contribution >= 0.6 is 0 Å². The number of benzene rings is 3. The highest BCUT2D eigenvalue weighted by Gasteiger charge is 2.38.